The van der Waals surface area contributed by atoms with E-state index in [1.165, 1.54) is 36.4 Å². The largest absolute Gasteiger partial charge is 0.482 e. The third kappa shape index (κ3) is 8.19. The smallest absolute Gasteiger partial charge is 0.341 e. The van der Waals surface area contributed by atoms with Crippen molar-refractivity contribution >= 4 is 39.8 Å². The normalized spacial score (nSPS) is 12.9. The minimum Gasteiger partial charge on any atom is -0.482 e. The summed E-state index contributed by atoms with van der Waals surface area (Å²) in [6, 6.07) is 18.4. The molecule has 36 heavy (non-hydrogen) atoms. The second kappa shape index (κ2) is 13.6. The van der Waals surface area contributed by atoms with Crippen LogP contribution in [0.3, 0.4) is 0 Å². The van der Waals surface area contributed by atoms with Crippen molar-refractivity contribution in [2.45, 2.75) is 28.4 Å². The number of halogens is 2. The average molecular weight is 556 g/mol. The van der Waals surface area contributed by atoms with Crippen molar-refractivity contribution in [2.24, 2.45) is 0 Å². The first-order valence-corrected chi connectivity index (χ1v) is 12.6. The van der Waals surface area contributed by atoms with Gasteiger partial charge in [0, 0.05) is 17.6 Å². The summed E-state index contributed by atoms with van der Waals surface area (Å²) in [6.45, 7) is -0.473. The molecule has 0 unspecified atom stereocenters. The average Bonchev–Trinajstić information content (AvgIpc) is 2.85. The number of nitrogens with one attached hydrogen (secondary N) is 1. The fourth-order valence-electron chi connectivity index (χ4n) is 3.40. The van der Waals surface area contributed by atoms with Gasteiger partial charge in [-0.05, 0) is 66.1 Å². The van der Waals surface area contributed by atoms with Crippen LogP contribution in [0.25, 0.3) is 0 Å². The van der Waals surface area contributed by atoms with Crippen LogP contribution in [0.1, 0.15) is 17.2 Å². The summed E-state index contributed by atoms with van der Waals surface area (Å²) >= 11 is 5.96. The van der Waals surface area contributed by atoms with Crippen molar-refractivity contribution in [3.05, 3.63) is 88.9 Å². The van der Waals surface area contributed by atoms with Crippen LogP contribution in [0.2, 0.25) is 5.02 Å². The maximum atomic E-state index is 12.9. The number of sulfone groups is 1. The van der Waals surface area contributed by atoms with Crippen molar-refractivity contribution in [3.63, 3.8) is 0 Å². The predicted octanol–water partition coefficient (Wildman–Crippen LogP) is 3.28. The van der Waals surface area contributed by atoms with Crippen LogP contribution >= 0.6 is 24.0 Å². The molecule has 0 fully saturated rings. The summed E-state index contributed by atoms with van der Waals surface area (Å²) in [4.78, 5) is 10.7. The fourth-order valence-corrected chi connectivity index (χ4v) is 4.86. The number of aliphatic carboxylic acids is 1. The lowest BCUT2D eigenvalue weighted by Gasteiger charge is -2.19. The molecule has 0 saturated carbocycles. The Bertz CT molecular complexity index is 1240. The number of carboxylic acid groups (broad SMARTS) is 1. The molecule has 8 nitrogen and oxygen atoms in total. The van der Waals surface area contributed by atoms with Gasteiger partial charge in [0.25, 0.3) is 0 Å². The Kier molecular flexibility index (Phi) is 11.2. The highest BCUT2D eigenvalue weighted by Crippen LogP contribution is 2.24. The Hall–Kier alpha value is -2.66. The Balaban J connectivity index is 0.00000456. The van der Waals surface area contributed by atoms with E-state index in [0.29, 0.717) is 17.0 Å². The lowest BCUT2D eigenvalue weighted by molar-refractivity contribution is -0.139. The van der Waals surface area contributed by atoms with Gasteiger partial charge in [-0.25, -0.2) is 13.2 Å². The van der Waals surface area contributed by atoms with Crippen molar-refractivity contribution in [1.29, 1.82) is 0 Å². The molecule has 0 saturated heterocycles. The van der Waals surface area contributed by atoms with Crippen LogP contribution < -0.4 is 10.1 Å². The summed E-state index contributed by atoms with van der Waals surface area (Å²) < 4.78 is 30.9. The first kappa shape index (κ1) is 29.6. The molecular formula is C25H27Cl2NO7S. The van der Waals surface area contributed by atoms with E-state index in [-0.39, 0.29) is 47.1 Å². The quantitative estimate of drug-likeness (QED) is 0.267. The third-order valence-corrected chi connectivity index (χ3v) is 7.29. The summed E-state index contributed by atoms with van der Waals surface area (Å²) in [5.74, 6) is -0.873. The number of benzene rings is 3. The van der Waals surface area contributed by atoms with Crippen molar-refractivity contribution in [1.82, 2.24) is 5.32 Å². The topological polar surface area (TPSA) is 133 Å². The van der Waals surface area contributed by atoms with Crippen LogP contribution in [0, 0.1) is 0 Å². The zero-order chi connectivity index (χ0) is 25.4. The van der Waals surface area contributed by atoms with E-state index < -0.39 is 28.5 Å². The third-order valence-electron chi connectivity index (χ3n) is 5.27. The van der Waals surface area contributed by atoms with E-state index in [1.54, 1.807) is 36.4 Å². The Morgan fingerprint density at radius 3 is 2.17 bits per heavy atom. The van der Waals surface area contributed by atoms with E-state index in [2.05, 4.69) is 5.32 Å². The summed E-state index contributed by atoms with van der Waals surface area (Å²) in [5.41, 5.74) is 1.47. The molecule has 0 bridgehead atoms. The molecule has 3 aromatic carbocycles. The Labute approximate surface area is 220 Å². The molecule has 194 valence electrons. The standard InChI is InChI=1S/C25H26ClNO7S.ClH/c26-19-3-1-2-18(13-19)24(29)14-27-20(15-28)12-17-4-8-22(9-5-17)35(32,33)23-10-6-21(7-11-23)34-16-25(30)31;/h1-11,13,20,24,27-29H,12,14-16H2,(H,30,31);1H/t20-,24+;/m0./s1. The van der Waals surface area contributed by atoms with Crippen LogP contribution in [-0.4, -0.2) is 55.5 Å². The summed E-state index contributed by atoms with van der Waals surface area (Å²) in [5, 5.41) is 32.4. The fraction of sp³-hybridized carbons (Fsp3) is 0.240. The SMILES string of the molecule is Cl.O=C(O)COc1ccc(S(=O)(=O)c2ccc(C[C@@H](CO)NC[C@@H](O)c3cccc(Cl)c3)cc2)cc1. The molecule has 0 heterocycles. The zero-order valence-electron chi connectivity index (χ0n) is 19.1. The zero-order valence-corrected chi connectivity index (χ0v) is 21.5. The Morgan fingerprint density at radius 2 is 1.61 bits per heavy atom. The van der Waals surface area contributed by atoms with Gasteiger partial charge in [-0.3, -0.25) is 0 Å². The molecule has 11 heteroatoms. The molecule has 3 aromatic rings. The molecule has 0 aliphatic rings. The molecule has 0 aliphatic carbocycles. The van der Waals surface area contributed by atoms with E-state index in [1.807, 2.05) is 0 Å². The van der Waals surface area contributed by atoms with Gasteiger partial charge in [-0.15, -0.1) is 12.4 Å². The first-order chi connectivity index (χ1) is 16.7. The lowest BCUT2D eigenvalue weighted by atomic mass is 10.1. The number of carbonyl (C=O) groups is 1. The maximum Gasteiger partial charge on any atom is 0.341 e. The maximum absolute atomic E-state index is 12.9. The number of aliphatic hydroxyl groups excluding tert-OH is 2. The number of carboxylic acids is 1. The van der Waals surface area contributed by atoms with Gasteiger partial charge in [0.1, 0.15) is 5.75 Å². The van der Waals surface area contributed by atoms with E-state index >= 15 is 0 Å². The van der Waals surface area contributed by atoms with Crippen LogP contribution in [0.15, 0.2) is 82.6 Å². The minimum atomic E-state index is -3.77. The van der Waals surface area contributed by atoms with Crippen LogP contribution in [-0.2, 0) is 21.1 Å². The second-order valence-corrected chi connectivity index (χ2v) is 10.2. The van der Waals surface area contributed by atoms with Crippen LogP contribution in [0.4, 0.5) is 0 Å². The van der Waals surface area contributed by atoms with Gasteiger partial charge in [-0.1, -0.05) is 35.9 Å². The molecule has 0 amide bonds. The van der Waals surface area contributed by atoms with E-state index in [4.69, 9.17) is 21.4 Å². The highest BCUT2D eigenvalue weighted by Gasteiger charge is 2.19. The van der Waals surface area contributed by atoms with Gasteiger partial charge in [-0.2, -0.15) is 0 Å². The van der Waals surface area contributed by atoms with Gasteiger partial charge in [0.2, 0.25) is 9.84 Å². The molecular weight excluding hydrogens is 529 g/mol. The van der Waals surface area contributed by atoms with Gasteiger partial charge >= 0.3 is 5.97 Å². The van der Waals surface area contributed by atoms with Crippen molar-refractivity contribution < 1.29 is 33.3 Å². The monoisotopic (exact) mass is 555 g/mol. The second-order valence-electron chi connectivity index (χ2n) is 7.86. The molecule has 2 atom stereocenters. The molecule has 0 spiro atoms. The first-order valence-electron chi connectivity index (χ1n) is 10.8. The van der Waals surface area contributed by atoms with Crippen LogP contribution in [0.5, 0.6) is 5.75 Å². The van der Waals surface area contributed by atoms with Crippen molar-refractivity contribution in [2.75, 3.05) is 19.8 Å². The highest BCUT2D eigenvalue weighted by atomic mass is 35.5. The number of hydrogen-bond donors (Lipinski definition) is 4. The van der Waals surface area contributed by atoms with Gasteiger partial charge in [0.05, 0.1) is 22.5 Å². The number of rotatable bonds is 12. The molecule has 3 rings (SSSR count). The van der Waals surface area contributed by atoms with E-state index in [0.717, 1.165) is 5.56 Å². The van der Waals surface area contributed by atoms with Crippen molar-refractivity contribution in [3.8, 4) is 5.75 Å². The molecule has 0 radical (unpaired) electrons. The predicted molar refractivity (Wildman–Crippen MR) is 138 cm³/mol. The lowest BCUT2D eigenvalue weighted by Crippen LogP contribution is -2.37. The highest BCUT2D eigenvalue weighted by molar-refractivity contribution is 7.91. The Morgan fingerprint density at radius 1 is 1.00 bits per heavy atom. The van der Waals surface area contributed by atoms with Gasteiger partial charge < -0.3 is 25.4 Å². The molecule has 0 aliphatic heterocycles. The summed E-state index contributed by atoms with van der Waals surface area (Å²) in [7, 11) is -3.77. The number of ether oxygens (including phenoxy) is 1. The van der Waals surface area contributed by atoms with E-state index in [9.17, 15) is 23.4 Å². The minimum absolute atomic E-state index is 0. The number of aliphatic hydroxyl groups is 2. The molecule has 4 N–H and O–H groups in total. The molecule has 0 aromatic heterocycles. The number of hydrogen-bond acceptors (Lipinski definition) is 7. The van der Waals surface area contributed by atoms with Gasteiger partial charge in [0.15, 0.2) is 6.61 Å². The summed E-state index contributed by atoms with van der Waals surface area (Å²) in [6.07, 6.45) is -0.370.